The van der Waals surface area contributed by atoms with E-state index in [2.05, 4.69) is 5.48 Å². The average Bonchev–Trinajstić information content (AvgIpc) is 3.62. The van der Waals surface area contributed by atoms with Crippen molar-refractivity contribution in [1.82, 2.24) is 0 Å². The van der Waals surface area contributed by atoms with E-state index in [1.165, 1.54) is 7.11 Å². The van der Waals surface area contributed by atoms with Crippen LogP contribution in [0.5, 0.6) is 0 Å². The minimum Gasteiger partial charge on any atom is -0.468 e. The highest BCUT2D eigenvalue weighted by Gasteiger charge is 2.78. The van der Waals surface area contributed by atoms with Crippen LogP contribution in [0.15, 0.2) is 91.0 Å². The van der Waals surface area contributed by atoms with Gasteiger partial charge in [0.25, 0.3) is 0 Å². The monoisotopic (exact) mass is 487 g/mol. The van der Waals surface area contributed by atoms with Crippen molar-refractivity contribution in [2.75, 3.05) is 25.8 Å². The molecule has 0 saturated heterocycles. The first-order valence-electron chi connectivity index (χ1n) is 12.2. The van der Waals surface area contributed by atoms with E-state index in [0.717, 1.165) is 16.8 Å². The zero-order valence-electron chi connectivity index (χ0n) is 21.0. The van der Waals surface area contributed by atoms with Crippen molar-refractivity contribution in [3.8, 4) is 0 Å². The second-order valence-corrected chi connectivity index (χ2v) is 9.91. The van der Waals surface area contributed by atoms with Gasteiger partial charge in [-0.15, -0.1) is 0 Å². The van der Waals surface area contributed by atoms with Gasteiger partial charge in [0.2, 0.25) is 0 Å². The lowest BCUT2D eigenvalue weighted by Gasteiger charge is -2.28. The number of esters is 2. The number of methoxy groups -OCH3 is 1. The second kappa shape index (κ2) is 10.5. The van der Waals surface area contributed by atoms with Crippen LogP contribution in [0.2, 0.25) is 0 Å². The summed E-state index contributed by atoms with van der Waals surface area (Å²) in [4.78, 5) is 32.6. The molecule has 6 nitrogen and oxygen atoms in total. The molecule has 0 heterocycles. The van der Waals surface area contributed by atoms with Gasteiger partial charge in [-0.3, -0.25) is 19.9 Å². The lowest BCUT2D eigenvalue weighted by atomic mass is 9.83. The van der Waals surface area contributed by atoms with Gasteiger partial charge in [-0.25, -0.2) is 0 Å². The first-order valence-corrected chi connectivity index (χ1v) is 12.2. The quantitative estimate of drug-likeness (QED) is 0.168. The molecular weight excluding hydrogens is 454 g/mol. The van der Waals surface area contributed by atoms with Gasteiger partial charge < -0.3 is 9.47 Å². The van der Waals surface area contributed by atoms with Crippen molar-refractivity contribution in [2.24, 2.45) is 5.41 Å². The molecule has 0 aliphatic heterocycles. The number of anilines is 1. The van der Waals surface area contributed by atoms with Gasteiger partial charge in [0.15, 0.2) is 5.41 Å². The van der Waals surface area contributed by atoms with E-state index in [-0.39, 0.29) is 13.2 Å². The first-order chi connectivity index (χ1) is 17.4. The van der Waals surface area contributed by atoms with E-state index >= 15 is 0 Å². The third-order valence-corrected chi connectivity index (χ3v) is 7.18. The number of para-hydroxylation sites is 1. The number of hydrogen-bond donors (Lipinski definition) is 1. The van der Waals surface area contributed by atoms with Gasteiger partial charge in [-0.2, -0.15) is 0 Å². The number of rotatable bonds is 11. The standard InChI is InChI=1S/C30H33NO5/c1-28(2,23-13-7-4-8-14-23)22-35-27(33)30(26(32)34-3)21-29(30,24-15-9-5-10-16-24)19-20-36-31-25-17-11-6-12-18-25/h4-18,31H,19-22H2,1-3H3. The molecule has 0 spiro atoms. The summed E-state index contributed by atoms with van der Waals surface area (Å²) in [7, 11) is 1.31. The highest BCUT2D eigenvalue weighted by atomic mass is 16.6. The van der Waals surface area contributed by atoms with E-state index in [9.17, 15) is 9.59 Å². The van der Waals surface area contributed by atoms with Gasteiger partial charge >= 0.3 is 11.9 Å². The minimum absolute atomic E-state index is 0.144. The van der Waals surface area contributed by atoms with E-state index < -0.39 is 28.2 Å². The maximum atomic E-state index is 13.7. The Bertz CT molecular complexity index is 1170. The predicted molar refractivity (Wildman–Crippen MR) is 138 cm³/mol. The Morgan fingerprint density at radius 2 is 1.44 bits per heavy atom. The molecule has 1 aliphatic carbocycles. The molecule has 4 rings (SSSR count). The van der Waals surface area contributed by atoms with Crippen molar-refractivity contribution in [1.29, 1.82) is 0 Å². The largest absolute Gasteiger partial charge is 0.468 e. The van der Waals surface area contributed by atoms with Crippen LogP contribution >= 0.6 is 0 Å². The Hall–Kier alpha value is -3.64. The molecule has 0 bridgehead atoms. The van der Waals surface area contributed by atoms with Crippen LogP contribution in [0.4, 0.5) is 5.69 Å². The summed E-state index contributed by atoms with van der Waals surface area (Å²) < 4.78 is 11.0. The molecule has 0 amide bonds. The van der Waals surface area contributed by atoms with Crippen molar-refractivity contribution >= 4 is 17.6 Å². The highest BCUT2D eigenvalue weighted by Crippen LogP contribution is 2.68. The summed E-state index contributed by atoms with van der Waals surface area (Å²) in [5.41, 5.74) is 3.06. The second-order valence-electron chi connectivity index (χ2n) is 9.91. The fourth-order valence-electron chi connectivity index (χ4n) is 4.96. The van der Waals surface area contributed by atoms with Crippen molar-refractivity contribution < 1.29 is 23.9 Å². The smallest absolute Gasteiger partial charge is 0.324 e. The van der Waals surface area contributed by atoms with Crippen molar-refractivity contribution in [3.05, 3.63) is 102 Å². The molecule has 0 aromatic heterocycles. The highest BCUT2D eigenvalue weighted by molar-refractivity contribution is 6.06. The van der Waals surface area contributed by atoms with E-state index in [0.29, 0.717) is 12.8 Å². The summed E-state index contributed by atoms with van der Waals surface area (Å²) in [6, 6.07) is 29.0. The van der Waals surface area contributed by atoms with E-state index in [4.69, 9.17) is 14.3 Å². The summed E-state index contributed by atoms with van der Waals surface area (Å²) in [5.74, 6) is -1.14. The summed E-state index contributed by atoms with van der Waals surface area (Å²) in [6.45, 7) is 4.46. The first kappa shape index (κ1) is 25.5. The molecule has 2 unspecified atom stereocenters. The Morgan fingerprint density at radius 3 is 2.06 bits per heavy atom. The molecule has 1 N–H and O–H groups in total. The number of hydrogen-bond acceptors (Lipinski definition) is 6. The fraction of sp³-hybridized carbons (Fsp3) is 0.333. The minimum atomic E-state index is -1.42. The maximum Gasteiger partial charge on any atom is 0.324 e. The zero-order valence-corrected chi connectivity index (χ0v) is 21.0. The average molecular weight is 488 g/mol. The molecule has 0 radical (unpaired) electrons. The molecule has 1 saturated carbocycles. The van der Waals surface area contributed by atoms with Crippen LogP contribution in [0.3, 0.4) is 0 Å². The molecule has 188 valence electrons. The van der Waals surface area contributed by atoms with Gasteiger partial charge in [-0.1, -0.05) is 92.7 Å². The molecule has 2 atom stereocenters. The van der Waals surface area contributed by atoms with Gasteiger partial charge in [-0.05, 0) is 36.1 Å². The Morgan fingerprint density at radius 1 is 0.861 bits per heavy atom. The number of ether oxygens (including phenoxy) is 2. The van der Waals surface area contributed by atoms with Crippen LogP contribution in [-0.2, 0) is 34.7 Å². The summed E-state index contributed by atoms with van der Waals surface area (Å²) in [5, 5.41) is 0. The number of nitrogens with one attached hydrogen (secondary N) is 1. The molecular formula is C30H33NO5. The molecule has 1 fully saturated rings. The van der Waals surface area contributed by atoms with Crippen molar-refractivity contribution in [2.45, 2.75) is 37.5 Å². The van der Waals surface area contributed by atoms with Gasteiger partial charge in [0.05, 0.1) is 19.4 Å². The third kappa shape index (κ3) is 4.86. The lowest BCUT2D eigenvalue weighted by molar-refractivity contribution is -0.165. The van der Waals surface area contributed by atoms with Crippen molar-refractivity contribution in [3.63, 3.8) is 0 Å². The Balaban J connectivity index is 1.54. The van der Waals surface area contributed by atoms with Crippen LogP contribution < -0.4 is 5.48 Å². The van der Waals surface area contributed by atoms with Gasteiger partial charge in [0.1, 0.15) is 6.61 Å². The fourth-order valence-corrected chi connectivity index (χ4v) is 4.96. The van der Waals surface area contributed by atoms with E-state index in [1.807, 2.05) is 105 Å². The van der Waals surface area contributed by atoms with Crippen LogP contribution in [0, 0.1) is 5.41 Å². The molecule has 1 aliphatic rings. The van der Waals surface area contributed by atoms with Crippen LogP contribution in [0.25, 0.3) is 0 Å². The SMILES string of the molecule is COC(=O)C1(C(=O)OCC(C)(C)c2ccccc2)CC1(CCONc1ccccc1)c1ccccc1. The Labute approximate surface area is 212 Å². The van der Waals surface area contributed by atoms with Gasteiger partial charge in [0, 0.05) is 10.8 Å². The lowest BCUT2D eigenvalue weighted by Crippen LogP contribution is -2.39. The topological polar surface area (TPSA) is 73.9 Å². The molecule has 36 heavy (non-hydrogen) atoms. The maximum absolute atomic E-state index is 13.7. The summed E-state index contributed by atoms with van der Waals surface area (Å²) >= 11 is 0. The molecule has 3 aromatic rings. The van der Waals surface area contributed by atoms with E-state index in [1.54, 1.807) is 0 Å². The zero-order chi connectivity index (χ0) is 25.7. The number of carbonyl (C=O) groups excluding carboxylic acids is 2. The summed E-state index contributed by atoms with van der Waals surface area (Å²) in [6.07, 6.45) is 0.735. The number of carbonyl (C=O) groups is 2. The third-order valence-electron chi connectivity index (χ3n) is 7.18. The van der Waals surface area contributed by atoms with Crippen LogP contribution in [-0.4, -0.2) is 32.3 Å². The molecule has 3 aromatic carbocycles. The number of benzene rings is 3. The van der Waals surface area contributed by atoms with Crippen LogP contribution in [0.1, 0.15) is 37.8 Å². The Kier molecular flexibility index (Phi) is 7.45. The molecule has 6 heteroatoms. The predicted octanol–water partition coefficient (Wildman–Crippen LogP) is 5.44. The normalized spacial score (nSPS) is 20.9.